The van der Waals surface area contributed by atoms with Crippen LogP contribution in [-0.4, -0.2) is 23.1 Å². The van der Waals surface area contributed by atoms with E-state index in [-0.39, 0.29) is 0 Å². The Kier molecular flexibility index (Phi) is 7.33. The number of alkyl halides is 2. The minimum Gasteiger partial charge on any atom is -0.439 e. The molecule has 2 atom stereocenters. The summed E-state index contributed by atoms with van der Waals surface area (Å²) in [6, 6.07) is 0. The zero-order valence-electron chi connectivity index (χ0n) is 8.27. The summed E-state index contributed by atoms with van der Waals surface area (Å²) in [5, 5.41) is 0. The molecule has 4 nitrogen and oxygen atoms in total. The Morgan fingerprint density at radius 2 is 1.25 bits per heavy atom. The summed E-state index contributed by atoms with van der Waals surface area (Å²) in [5.41, 5.74) is -1.88. The van der Waals surface area contributed by atoms with Crippen molar-refractivity contribution in [2.45, 2.75) is 11.1 Å². The van der Waals surface area contributed by atoms with Crippen LogP contribution in [0.4, 0.5) is 0 Å². The van der Waals surface area contributed by atoms with Gasteiger partial charge in [0.2, 0.25) is 0 Å². The first kappa shape index (κ1) is 14.7. The molecule has 0 saturated carbocycles. The summed E-state index contributed by atoms with van der Waals surface area (Å²) in [5.74, 6) is -1.58. The molecule has 2 unspecified atom stereocenters. The maximum Gasteiger partial charge on any atom is 0.332 e. The first-order valence-electron chi connectivity index (χ1n) is 4.12. The molecule has 0 rings (SSSR count). The number of hydrogen-bond acceptors (Lipinski definition) is 4. The predicted octanol–water partition coefficient (Wildman–Crippen LogP) is 2.13. The zero-order valence-corrected chi connectivity index (χ0v) is 9.78. The minimum absolute atomic E-state index is 0.790. The Morgan fingerprint density at radius 1 is 0.938 bits per heavy atom. The molecule has 0 fully saturated rings. The van der Waals surface area contributed by atoms with Gasteiger partial charge in [-0.3, -0.25) is 0 Å². The van der Waals surface area contributed by atoms with Gasteiger partial charge >= 0.3 is 11.9 Å². The van der Waals surface area contributed by atoms with Crippen LogP contribution < -0.4 is 0 Å². The molecule has 0 heterocycles. The van der Waals surface area contributed by atoms with Gasteiger partial charge in [-0.25, -0.2) is 9.59 Å². The normalized spacial score (nSPS) is 13.9. The van der Waals surface area contributed by atoms with Crippen LogP contribution in [0, 0.1) is 0 Å². The molecular weight excluding hydrogens is 255 g/mol. The fourth-order valence-electron chi connectivity index (χ4n) is 0.533. The van der Waals surface area contributed by atoms with Crippen molar-refractivity contribution in [3.63, 3.8) is 0 Å². The summed E-state index contributed by atoms with van der Waals surface area (Å²) in [6.45, 7) is 6.61. The van der Waals surface area contributed by atoms with E-state index in [4.69, 9.17) is 23.2 Å². The van der Waals surface area contributed by atoms with Gasteiger partial charge in [0.25, 0.3) is 0 Å². The molecule has 0 aliphatic carbocycles. The van der Waals surface area contributed by atoms with E-state index in [1.807, 2.05) is 0 Å². The lowest BCUT2D eigenvalue weighted by atomic mass is 10.5. The molecular formula is C10H10Cl2O4. The monoisotopic (exact) mass is 264 g/mol. The minimum atomic E-state index is -0.942. The van der Waals surface area contributed by atoms with Gasteiger partial charge in [0.15, 0.2) is 11.1 Å². The number of halogens is 2. The van der Waals surface area contributed by atoms with E-state index in [0.717, 1.165) is 12.2 Å². The number of carbonyl (C=O) groups is 2. The Labute approximate surface area is 103 Å². The lowest BCUT2D eigenvalue weighted by Crippen LogP contribution is -2.10. The summed E-state index contributed by atoms with van der Waals surface area (Å²) in [4.78, 5) is 21.9. The van der Waals surface area contributed by atoms with E-state index in [0.29, 0.717) is 0 Å². The fourth-order valence-corrected chi connectivity index (χ4v) is 0.708. The molecule has 0 spiro atoms. The largest absolute Gasteiger partial charge is 0.439 e. The van der Waals surface area contributed by atoms with Crippen LogP contribution in [-0.2, 0) is 19.1 Å². The number of rotatable bonds is 6. The topological polar surface area (TPSA) is 52.6 Å². The summed E-state index contributed by atoms with van der Waals surface area (Å²) < 4.78 is 9.08. The smallest absolute Gasteiger partial charge is 0.332 e. The molecule has 16 heavy (non-hydrogen) atoms. The quantitative estimate of drug-likeness (QED) is 0.319. The van der Waals surface area contributed by atoms with E-state index >= 15 is 0 Å². The van der Waals surface area contributed by atoms with Gasteiger partial charge in [0, 0.05) is 12.2 Å². The van der Waals surface area contributed by atoms with Gasteiger partial charge in [0.1, 0.15) is 0 Å². The third-order valence-electron chi connectivity index (χ3n) is 1.18. The Morgan fingerprint density at radius 3 is 1.50 bits per heavy atom. The molecule has 0 aliphatic rings. The van der Waals surface area contributed by atoms with Gasteiger partial charge in [-0.15, -0.1) is 0 Å². The number of ether oxygens (including phenoxy) is 2. The highest BCUT2D eigenvalue weighted by molar-refractivity contribution is 6.21. The zero-order chi connectivity index (χ0) is 12.6. The van der Waals surface area contributed by atoms with Crippen LogP contribution in [0.1, 0.15) is 0 Å². The van der Waals surface area contributed by atoms with E-state index in [1.165, 1.54) is 12.2 Å². The third-order valence-corrected chi connectivity index (χ3v) is 1.72. The van der Waals surface area contributed by atoms with Crippen molar-refractivity contribution in [1.29, 1.82) is 0 Å². The molecule has 0 aromatic heterocycles. The van der Waals surface area contributed by atoms with Crippen LogP contribution in [0.3, 0.4) is 0 Å². The highest BCUT2D eigenvalue weighted by Crippen LogP contribution is 2.02. The van der Waals surface area contributed by atoms with Gasteiger partial charge in [-0.05, 0) is 12.2 Å². The summed E-state index contributed by atoms with van der Waals surface area (Å²) >= 11 is 10.9. The summed E-state index contributed by atoms with van der Waals surface area (Å²) in [7, 11) is 0. The second-order valence-corrected chi connectivity index (χ2v) is 3.24. The Balaban J connectivity index is 4.07. The third kappa shape index (κ3) is 7.09. The van der Waals surface area contributed by atoms with Crippen LogP contribution in [0.15, 0.2) is 37.5 Å². The number of carbonyl (C=O) groups excluding carboxylic acids is 2. The van der Waals surface area contributed by atoms with E-state index in [2.05, 4.69) is 22.6 Å². The average molecular weight is 265 g/mol. The van der Waals surface area contributed by atoms with Crippen LogP contribution in [0.2, 0.25) is 0 Å². The highest BCUT2D eigenvalue weighted by atomic mass is 35.5. The first-order valence-corrected chi connectivity index (χ1v) is 4.99. The second kappa shape index (κ2) is 7.96. The molecule has 0 bridgehead atoms. The first-order chi connectivity index (χ1) is 7.49. The molecule has 6 heteroatoms. The fraction of sp³-hybridized carbons (Fsp3) is 0.200. The van der Waals surface area contributed by atoms with Crippen molar-refractivity contribution in [3.8, 4) is 0 Å². The second-order valence-electron chi connectivity index (χ2n) is 2.38. The Bertz CT molecular complexity index is 282. The van der Waals surface area contributed by atoms with Crippen LogP contribution in [0.5, 0.6) is 0 Å². The molecule has 0 aromatic carbocycles. The van der Waals surface area contributed by atoms with Gasteiger partial charge in [-0.2, -0.15) is 0 Å². The number of hydrogen-bond donors (Lipinski definition) is 0. The van der Waals surface area contributed by atoms with E-state index in [1.54, 1.807) is 0 Å². The van der Waals surface area contributed by atoms with Gasteiger partial charge < -0.3 is 9.47 Å². The standard InChI is InChI=1S/C10H10Cl2O4/c1-3-7(11)15-9(13)5-6-10(14)16-8(12)4-2/h3-8H,1-2H2/b6-5-. The maximum absolute atomic E-state index is 11.0. The van der Waals surface area contributed by atoms with Crippen molar-refractivity contribution in [3.05, 3.63) is 37.5 Å². The van der Waals surface area contributed by atoms with E-state index < -0.39 is 23.1 Å². The summed E-state index contributed by atoms with van der Waals surface area (Å²) in [6.07, 6.45) is 4.18. The molecule has 0 amide bonds. The highest BCUT2D eigenvalue weighted by Gasteiger charge is 2.07. The lowest BCUT2D eigenvalue weighted by Gasteiger charge is -2.04. The van der Waals surface area contributed by atoms with Crippen LogP contribution in [0.25, 0.3) is 0 Å². The van der Waals surface area contributed by atoms with Crippen molar-refractivity contribution < 1.29 is 19.1 Å². The van der Waals surface area contributed by atoms with Crippen molar-refractivity contribution >= 4 is 35.1 Å². The molecule has 0 aromatic rings. The SMILES string of the molecule is C=CC(Cl)OC(=O)/C=C\C(=O)OC(Cl)C=C. The van der Waals surface area contributed by atoms with Crippen molar-refractivity contribution in [1.82, 2.24) is 0 Å². The van der Waals surface area contributed by atoms with Crippen molar-refractivity contribution in [2.24, 2.45) is 0 Å². The molecule has 0 radical (unpaired) electrons. The van der Waals surface area contributed by atoms with E-state index in [9.17, 15) is 9.59 Å². The molecule has 0 aliphatic heterocycles. The number of esters is 2. The Hall–Kier alpha value is -1.26. The van der Waals surface area contributed by atoms with Gasteiger partial charge in [-0.1, -0.05) is 36.4 Å². The maximum atomic E-state index is 11.0. The van der Waals surface area contributed by atoms with Crippen molar-refractivity contribution in [2.75, 3.05) is 0 Å². The molecule has 0 saturated heterocycles. The molecule has 88 valence electrons. The predicted molar refractivity (Wildman–Crippen MR) is 61.0 cm³/mol. The average Bonchev–Trinajstić information content (AvgIpc) is 2.26. The molecule has 0 N–H and O–H groups in total. The van der Waals surface area contributed by atoms with Gasteiger partial charge in [0.05, 0.1) is 0 Å². The lowest BCUT2D eigenvalue weighted by molar-refractivity contribution is -0.140. The van der Waals surface area contributed by atoms with Crippen LogP contribution >= 0.6 is 23.2 Å².